The Morgan fingerprint density at radius 3 is 2.50 bits per heavy atom. The number of hydrogen-bond acceptors (Lipinski definition) is 7. The van der Waals surface area contributed by atoms with E-state index in [1.807, 2.05) is 0 Å². The molecule has 198 valence electrons. The highest BCUT2D eigenvalue weighted by Gasteiger charge is 2.32. The topological polar surface area (TPSA) is 114 Å². The molecule has 1 saturated heterocycles. The molecule has 36 heavy (non-hydrogen) atoms. The number of fused-ring (bicyclic) bond motifs is 1. The number of rotatable bonds is 14. The number of carboxylic acid groups (broad SMARTS) is 1. The largest absolute Gasteiger partial charge is 0.486 e. The van der Waals surface area contributed by atoms with Crippen molar-refractivity contribution in [2.45, 2.75) is 70.4 Å². The zero-order chi connectivity index (χ0) is 25.8. The molecule has 2 aliphatic heterocycles. The Labute approximate surface area is 212 Å². The number of esters is 1. The Balaban J connectivity index is 1.82. The maximum absolute atomic E-state index is 12.9. The summed E-state index contributed by atoms with van der Waals surface area (Å²) in [5, 5.41) is 12.0. The molecule has 9 heteroatoms. The van der Waals surface area contributed by atoms with Crippen LogP contribution < -0.4 is 14.8 Å². The van der Waals surface area contributed by atoms with E-state index in [1.54, 1.807) is 18.2 Å². The second-order valence-electron chi connectivity index (χ2n) is 9.28. The van der Waals surface area contributed by atoms with Crippen molar-refractivity contribution in [1.29, 1.82) is 0 Å². The molecule has 3 rings (SSSR count). The van der Waals surface area contributed by atoms with Gasteiger partial charge in [-0.25, -0.2) is 9.59 Å². The van der Waals surface area contributed by atoms with Crippen molar-refractivity contribution in [3.63, 3.8) is 0 Å². The molecule has 0 spiro atoms. The fraction of sp³-hybridized carbons (Fsp3) is 0.593. The first-order valence-corrected chi connectivity index (χ1v) is 13.0. The van der Waals surface area contributed by atoms with Crippen LogP contribution >= 0.6 is 0 Å². The Hall–Kier alpha value is -3.07. The molecule has 2 unspecified atom stereocenters. The van der Waals surface area contributed by atoms with Crippen molar-refractivity contribution < 1.29 is 33.7 Å². The zero-order valence-electron chi connectivity index (χ0n) is 21.1. The average molecular weight is 503 g/mol. The first kappa shape index (κ1) is 27.5. The zero-order valence-corrected chi connectivity index (χ0v) is 21.1. The van der Waals surface area contributed by atoms with Gasteiger partial charge in [-0.1, -0.05) is 38.7 Å². The maximum atomic E-state index is 12.9. The number of carbonyl (C=O) groups excluding carboxylic acids is 2. The third-order valence-corrected chi connectivity index (χ3v) is 6.37. The molecule has 1 amide bonds. The molecule has 2 heterocycles. The van der Waals surface area contributed by atoms with Gasteiger partial charge in [0.2, 0.25) is 5.91 Å². The number of nitrogens with zero attached hydrogens (tertiary/aromatic N) is 1. The summed E-state index contributed by atoms with van der Waals surface area (Å²) in [7, 11) is 0. The molecule has 0 bridgehead atoms. The minimum atomic E-state index is -1.24. The van der Waals surface area contributed by atoms with Gasteiger partial charge in [-0.15, -0.1) is 0 Å². The standard InChI is InChI=1S/C27H38N2O7/c1-2-3-4-5-6-9-24(30)28-21(19-29-14-7-8-15-29)27(36-26(33)13-12-25(31)32)20-10-11-22-23(18-20)35-17-16-34-22/h10-13,18,21,27H,2-9,14-17,19H2,1H3,(H,28,30)(H,31,32)/b13-12+. The lowest BCUT2D eigenvalue weighted by Gasteiger charge is -2.32. The predicted molar refractivity (Wildman–Crippen MR) is 134 cm³/mol. The molecule has 2 N–H and O–H groups in total. The van der Waals surface area contributed by atoms with Crippen molar-refractivity contribution in [3.05, 3.63) is 35.9 Å². The van der Waals surface area contributed by atoms with Crippen LogP contribution in [0.5, 0.6) is 11.5 Å². The van der Waals surface area contributed by atoms with Crippen LogP contribution in [0.1, 0.15) is 70.0 Å². The minimum Gasteiger partial charge on any atom is -0.486 e. The van der Waals surface area contributed by atoms with Gasteiger partial charge in [-0.3, -0.25) is 4.79 Å². The monoisotopic (exact) mass is 502 g/mol. The van der Waals surface area contributed by atoms with Crippen molar-refractivity contribution in [2.75, 3.05) is 32.8 Å². The van der Waals surface area contributed by atoms with Crippen molar-refractivity contribution >= 4 is 17.8 Å². The fourth-order valence-corrected chi connectivity index (χ4v) is 4.55. The van der Waals surface area contributed by atoms with Gasteiger partial charge in [0, 0.05) is 25.1 Å². The highest BCUT2D eigenvalue weighted by molar-refractivity contribution is 5.90. The van der Waals surface area contributed by atoms with Gasteiger partial charge in [-0.2, -0.15) is 0 Å². The van der Waals surface area contributed by atoms with E-state index in [-0.39, 0.29) is 5.91 Å². The number of aliphatic carboxylic acids is 1. The summed E-state index contributed by atoms with van der Waals surface area (Å²) in [6, 6.07) is 4.80. The highest BCUT2D eigenvalue weighted by Crippen LogP contribution is 2.35. The molecule has 2 atom stereocenters. The van der Waals surface area contributed by atoms with E-state index in [1.165, 1.54) is 0 Å². The van der Waals surface area contributed by atoms with E-state index >= 15 is 0 Å². The lowest BCUT2D eigenvalue weighted by Crippen LogP contribution is -2.47. The Kier molecular flexibility index (Phi) is 11.1. The molecule has 1 aromatic carbocycles. The van der Waals surface area contributed by atoms with Gasteiger partial charge in [0.15, 0.2) is 11.5 Å². The molecule has 1 fully saturated rings. The Morgan fingerprint density at radius 2 is 1.78 bits per heavy atom. The quantitative estimate of drug-likeness (QED) is 0.225. The second-order valence-corrected chi connectivity index (χ2v) is 9.28. The predicted octanol–water partition coefficient (Wildman–Crippen LogP) is 3.62. The number of carbonyl (C=O) groups is 3. The van der Waals surface area contributed by atoms with E-state index in [0.29, 0.717) is 43.2 Å². The van der Waals surface area contributed by atoms with E-state index in [4.69, 9.17) is 19.3 Å². The third-order valence-electron chi connectivity index (χ3n) is 6.37. The van der Waals surface area contributed by atoms with Crippen LogP contribution in [0, 0.1) is 0 Å². The van der Waals surface area contributed by atoms with Gasteiger partial charge in [0.25, 0.3) is 0 Å². The van der Waals surface area contributed by atoms with Crippen molar-refractivity contribution in [2.24, 2.45) is 0 Å². The minimum absolute atomic E-state index is 0.0876. The number of amides is 1. The molecule has 1 aromatic rings. The summed E-state index contributed by atoms with van der Waals surface area (Å²) in [4.78, 5) is 38.6. The number of likely N-dealkylation sites (tertiary alicyclic amines) is 1. The van der Waals surface area contributed by atoms with Gasteiger partial charge in [0.1, 0.15) is 19.3 Å². The number of carboxylic acids is 1. The fourth-order valence-electron chi connectivity index (χ4n) is 4.55. The van der Waals surface area contributed by atoms with Crippen LogP contribution in [0.2, 0.25) is 0 Å². The highest BCUT2D eigenvalue weighted by atomic mass is 16.6. The number of unbranched alkanes of at least 4 members (excludes halogenated alkanes) is 4. The average Bonchev–Trinajstić information content (AvgIpc) is 3.38. The molecule has 0 radical (unpaired) electrons. The van der Waals surface area contributed by atoms with Crippen LogP contribution in [0.4, 0.5) is 0 Å². The first-order valence-electron chi connectivity index (χ1n) is 13.0. The molecule has 9 nitrogen and oxygen atoms in total. The van der Waals surface area contributed by atoms with E-state index < -0.39 is 24.1 Å². The summed E-state index contributed by atoms with van der Waals surface area (Å²) >= 11 is 0. The lowest BCUT2D eigenvalue weighted by atomic mass is 10.00. The molecular formula is C27H38N2O7. The van der Waals surface area contributed by atoms with Gasteiger partial charge in [-0.05, 0) is 50.0 Å². The molecule has 0 aliphatic carbocycles. The lowest BCUT2D eigenvalue weighted by molar-refractivity contribution is -0.147. The number of hydrogen-bond donors (Lipinski definition) is 2. The Morgan fingerprint density at radius 1 is 1.06 bits per heavy atom. The summed E-state index contributed by atoms with van der Waals surface area (Å²) < 4.78 is 17.1. The van der Waals surface area contributed by atoms with Gasteiger partial charge >= 0.3 is 11.9 Å². The van der Waals surface area contributed by atoms with Crippen LogP contribution in [-0.2, 0) is 19.1 Å². The molecular weight excluding hydrogens is 464 g/mol. The maximum Gasteiger partial charge on any atom is 0.331 e. The van der Waals surface area contributed by atoms with E-state index in [0.717, 1.165) is 70.2 Å². The summed E-state index contributed by atoms with van der Waals surface area (Å²) in [5.41, 5.74) is 0.642. The third kappa shape index (κ3) is 8.86. The number of benzene rings is 1. The summed E-state index contributed by atoms with van der Waals surface area (Å²) in [6.07, 6.45) is 8.56. The molecule has 0 saturated carbocycles. The second kappa shape index (κ2) is 14.5. The van der Waals surface area contributed by atoms with Crippen LogP contribution in [-0.4, -0.2) is 66.7 Å². The van der Waals surface area contributed by atoms with E-state index in [9.17, 15) is 14.4 Å². The number of nitrogens with one attached hydrogen (secondary N) is 1. The SMILES string of the molecule is CCCCCCCC(=O)NC(CN1CCCC1)C(OC(=O)/C=C/C(=O)O)c1ccc2c(c1)OCCO2. The van der Waals surface area contributed by atoms with E-state index in [2.05, 4.69) is 17.1 Å². The summed E-state index contributed by atoms with van der Waals surface area (Å²) in [6.45, 7) is 5.34. The van der Waals surface area contributed by atoms with Crippen molar-refractivity contribution in [3.8, 4) is 11.5 Å². The smallest absolute Gasteiger partial charge is 0.331 e. The molecule has 0 aromatic heterocycles. The number of ether oxygens (including phenoxy) is 3. The van der Waals surface area contributed by atoms with Crippen LogP contribution in [0.3, 0.4) is 0 Å². The van der Waals surface area contributed by atoms with Crippen LogP contribution in [0.15, 0.2) is 30.4 Å². The molecule has 2 aliphatic rings. The van der Waals surface area contributed by atoms with Crippen molar-refractivity contribution in [1.82, 2.24) is 10.2 Å². The van der Waals surface area contributed by atoms with Gasteiger partial charge < -0.3 is 29.5 Å². The normalized spacial score (nSPS) is 17.0. The summed E-state index contributed by atoms with van der Waals surface area (Å²) in [5.74, 6) is -0.975. The first-order chi connectivity index (χ1) is 17.5. The van der Waals surface area contributed by atoms with Crippen LogP contribution in [0.25, 0.3) is 0 Å². The van der Waals surface area contributed by atoms with Gasteiger partial charge in [0.05, 0.1) is 6.04 Å². The Bertz CT molecular complexity index is 911.